The zero-order valence-corrected chi connectivity index (χ0v) is 11.3. The third-order valence-corrected chi connectivity index (χ3v) is 3.49. The van der Waals surface area contributed by atoms with Gasteiger partial charge in [0.05, 0.1) is 31.8 Å². The Morgan fingerprint density at radius 3 is 2.70 bits per heavy atom. The first-order valence-electron chi connectivity index (χ1n) is 6.23. The highest BCUT2D eigenvalue weighted by Gasteiger charge is 2.32. The summed E-state index contributed by atoms with van der Waals surface area (Å²) in [6, 6.07) is 5.23. The second-order valence-electron chi connectivity index (χ2n) is 4.64. The third kappa shape index (κ3) is 2.53. The Morgan fingerprint density at radius 2 is 2.20 bits per heavy atom. The second kappa shape index (κ2) is 5.80. The Kier molecular flexibility index (Phi) is 4.11. The molecule has 6 nitrogen and oxygen atoms in total. The van der Waals surface area contributed by atoms with Crippen LogP contribution in [-0.4, -0.2) is 31.8 Å². The van der Waals surface area contributed by atoms with E-state index in [9.17, 15) is 4.79 Å². The lowest BCUT2D eigenvalue weighted by atomic mass is 9.97. The molecule has 0 saturated carbocycles. The molecule has 6 heteroatoms. The number of carboxylic acids is 1. The highest BCUT2D eigenvalue weighted by molar-refractivity contribution is 5.71. The standard InChI is InChI=1S/C14H16N2O4/c1-19-12-4-8(6-15)3-10(13(12)20-2)11-5-9(7-16-11)14(17)18/h3-4,9,11,16H,5,7H2,1-2H3,(H,17,18). The fraction of sp³-hybridized carbons (Fsp3) is 0.429. The maximum Gasteiger partial charge on any atom is 0.307 e. The van der Waals surface area contributed by atoms with Gasteiger partial charge >= 0.3 is 5.97 Å². The zero-order valence-electron chi connectivity index (χ0n) is 11.3. The lowest BCUT2D eigenvalue weighted by Gasteiger charge is -2.18. The molecule has 1 aromatic rings. The lowest BCUT2D eigenvalue weighted by Crippen LogP contribution is -2.17. The van der Waals surface area contributed by atoms with Crippen molar-refractivity contribution in [3.05, 3.63) is 23.3 Å². The van der Waals surface area contributed by atoms with Crippen molar-refractivity contribution in [1.29, 1.82) is 5.26 Å². The van der Waals surface area contributed by atoms with Crippen molar-refractivity contribution in [3.63, 3.8) is 0 Å². The summed E-state index contributed by atoms with van der Waals surface area (Å²) in [5.74, 6) is -0.235. The van der Waals surface area contributed by atoms with Crippen LogP contribution in [0.2, 0.25) is 0 Å². The molecular formula is C14H16N2O4. The largest absolute Gasteiger partial charge is 0.493 e. The second-order valence-corrected chi connectivity index (χ2v) is 4.64. The number of carbonyl (C=O) groups is 1. The average Bonchev–Trinajstić information content (AvgIpc) is 2.95. The van der Waals surface area contributed by atoms with E-state index in [-0.39, 0.29) is 6.04 Å². The number of methoxy groups -OCH3 is 2. The van der Waals surface area contributed by atoms with Gasteiger partial charge in [-0.1, -0.05) is 0 Å². The highest BCUT2D eigenvalue weighted by Crippen LogP contribution is 2.39. The van der Waals surface area contributed by atoms with E-state index in [2.05, 4.69) is 11.4 Å². The van der Waals surface area contributed by atoms with Crippen molar-refractivity contribution >= 4 is 5.97 Å². The predicted octanol–water partition coefficient (Wildman–Crippen LogP) is 1.31. The van der Waals surface area contributed by atoms with Gasteiger partial charge in [0.15, 0.2) is 11.5 Å². The highest BCUT2D eigenvalue weighted by atomic mass is 16.5. The zero-order chi connectivity index (χ0) is 14.7. The van der Waals surface area contributed by atoms with Crippen molar-refractivity contribution in [2.45, 2.75) is 12.5 Å². The van der Waals surface area contributed by atoms with E-state index in [1.807, 2.05) is 0 Å². The summed E-state index contributed by atoms with van der Waals surface area (Å²) in [6.45, 7) is 0.405. The number of nitrogens with one attached hydrogen (secondary N) is 1. The first-order valence-corrected chi connectivity index (χ1v) is 6.23. The molecule has 2 rings (SSSR count). The van der Waals surface area contributed by atoms with E-state index in [4.69, 9.17) is 19.8 Å². The summed E-state index contributed by atoms with van der Waals surface area (Å²) in [5, 5.41) is 21.3. The normalized spacial score (nSPS) is 21.2. The number of ether oxygens (including phenoxy) is 2. The summed E-state index contributed by atoms with van der Waals surface area (Å²) in [7, 11) is 3.03. The number of aliphatic carboxylic acids is 1. The topological polar surface area (TPSA) is 91.6 Å². The quantitative estimate of drug-likeness (QED) is 0.861. The van der Waals surface area contributed by atoms with Gasteiger partial charge in [0, 0.05) is 24.2 Å². The molecule has 2 N–H and O–H groups in total. The third-order valence-electron chi connectivity index (χ3n) is 3.49. The van der Waals surface area contributed by atoms with Gasteiger partial charge in [-0.2, -0.15) is 5.26 Å². The number of hydrogen-bond acceptors (Lipinski definition) is 5. The molecule has 1 aromatic carbocycles. The van der Waals surface area contributed by atoms with Crippen molar-refractivity contribution in [2.24, 2.45) is 5.92 Å². The summed E-state index contributed by atoms with van der Waals surface area (Å²) in [4.78, 5) is 11.0. The van der Waals surface area contributed by atoms with Gasteiger partial charge < -0.3 is 19.9 Å². The molecule has 1 fully saturated rings. The van der Waals surface area contributed by atoms with Crippen LogP contribution in [0.3, 0.4) is 0 Å². The van der Waals surface area contributed by atoms with Crippen LogP contribution >= 0.6 is 0 Å². The molecule has 0 bridgehead atoms. The van der Waals surface area contributed by atoms with Crippen LogP contribution in [0.4, 0.5) is 0 Å². The van der Waals surface area contributed by atoms with Gasteiger partial charge in [-0.05, 0) is 12.5 Å². The van der Waals surface area contributed by atoms with E-state index < -0.39 is 11.9 Å². The van der Waals surface area contributed by atoms with Gasteiger partial charge in [0.25, 0.3) is 0 Å². The summed E-state index contributed by atoms with van der Waals surface area (Å²) < 4.78 is 10.6. The molecule has 0 aliphatic carbocycles. The van der Waals surface area contributed by atoms with E-state index in [0.717, 1.165) is 5.56 Å². The number of nitriles is 1. The molecule has 0 aromatic heterocycles. The molecule has 2 atom stereocenters. The van der Waals surface area contributed by atoms with Gasteiger partial charge in [0.2, 0.25) is 0 Å². The Morgan fingerprint density at radius 1 is 1.45 bits per heavy atom. The molecule has 20 heavy (non-hydrogen) atoms. The first-order chi connectivity index (χ1) is 9.60. The molecule has 2 unspecified atom stereocenters. The smallest absolute Gasteiger partial charge is 0.307 e. The van der Waals surface area contributed by atoms with Crippen LogP contribution in [0.25, 0.3) is 0 Å². The first kappa shape index (κ1) is 14.2. The van der Waals surface area contributed by atoms with Crippen molar-refractivity contribution in [3.8, 4) is 17.6 Å². The number of rotatable bonds is 4. The molecule has 1 saturated heterocycles. The number of benzene rings is 1. The molecule has 106 valence electrons. The van der Waals surface area contributed by atoms with Crippen LogP contribution in [0.1, 0.15) is 23.6 Å². The lowest BCUT2D eigenvalue weighted by molar-refractivity contribution is -0.141. The molecule has 0 radical (unpaired) electrons. The van der Waals surface area contributed by atoms with Crippen LogP contribution in [0.15, 0.2) is 12.1 Å². The van der Waals surface area contributed by atoms with Crippen molar-refractivity contribution in [2.75, 3.05) is 20.8 Å². The van der Waals surface area contributed by atoms with Crippen LogP contribution in [-0.2, 0) is 4.79 Å². The maximum atomic E-state index is 11.0. The van der Waals surface area contributed by atoms with Gasteiger partial charge in [-0.3, -0.25) is 4.79 Å². The van der Waals surface area contributed by atoms with Gasteiger partial charge in [-0.25, -0.2) is 0 Å². The minimum Gasteiger partial charge on any atom is -0.493 e. The monoisotopic (exact) mass is 276 g/mol. The van der Waals surface area contributed by atoms with Crippen molar-refractivity contribution in [1.82, 2.24) is 5.32 Å². The molecule has 0 amide bonds. The van der Waals surface area contributed by atoms with Crippen LogP contribution in [0.5, 0.6) is 11.5 Å². The fourth-order valence-electron chi connectivity index (χ4n) is 2.48. The van der Waals surface area contributed by atoms with Crippen LogP contribution in [0, 0.1) is 17.2 Å². The van der Waals surface area contributed by atoms with E-state index in [0.29, 0.717) is 30.0 Å². The maximum absolute atomic E-state index is 11.0. The minimum absolute atomic E-state index is 0.159. The summed E-state index contributed by atoms with van der Waals surface area (Å²) in [6.07, 6.45) is 0.462. The average molecular weight is 276 g/mol. The minimum atomic E-state index is -0.817. The molecule has 1 aliphatic heterocycles. The molecule has 1 heterocycles. The summed E-state index contributed by atoms with van der Waals surface area (Å²) in [5.41, 5.74) is 1.21. The molecule has 0 spiro atoms. The fourth-order valence-corrected chi connectivity index (χ4v) is 2.48. The van der Waals surface area contributed by atoms with E-state index in [1.54, 1.807) is 12.1 Å². The van der Waals surface area contributed by atoms with Crippen LogP contribution < -0.4 is 14.8 Å². The van der Waals surface area contributed by atoms with Gasteiger partial charge in [-0.15, -0.1) is 0 Å². The number of nitrogens with zero attached hydrogens (tertiary/aromatic N) is 1. The Bertz CT molecular complexity index is 565. The van der Waals surface area contributed by atoms with E-state index in [1.165, 1.54) is 14.2 Å². The van der Waals surface area contributed by atoms with E-state index >= 15 is 0 Å². The predicted molar refractivity (Wildman–Crippen MR) is 70.7 cm³/mol. The molecule has 1 aliphatic rings. The number of hydrogen-bond donors (Lipinski definition) is 2. The SMILES string of the molecule is COc1cc(C#N)cc(C2CC(C(=O)O)CN2)c1OC. The Labute approximate surface area is 116 Å². The van der Waals surface area contributed by atoms with Gasteiger partial charge in [0.1, 0.15) is 0 Å². The molecular weight excluding hydrogens is 260 g/mol. The Balaban J connectivity index is 2.40. The summed E-state index contributed by atoms with van der Waals surface area (Å²) >= 11 is 0. The Hall–Kier alpha value is -2.26. The van der Waals surface area contributed by atoms with Crippen molar-refractivity contribution < 1.29 is 19.4 Å². The number of carboxylic acid groups (broad SMARTS) is 1.